The minimum absolute atomic E-state index is 0. The molecule has 0 unspecified atom stereocenters. The molecule has 9 rings (SSSR count). The van der Waals surface area contributed by atoms with E-state index < -0.39 is 0 Å². The van der Waals surface area contributed by atoms with E-state index in [0.717, 1.165) is 49.7 Å². The van der Waals surface area contributed by atoms with Gasteiger partial charge in [-0.05, 0) is 42.1 Å². The van der Waals surface area contributed by atoms with Crippen LogP contribution in [-0.2, 0) is 20.1 Å². The number of fused-ring (bicyclic) bond motifs is 6. The zero-order valence-corrected chi connectivity index (χ0v) is 26.6. The number of rotatable bonds is 3. The average molecular weight is 775 g/mol. The zero-order chi connectivity index (χ0) is 30.2. The third kappa shape index (κ3) is 5.26. The number of nitrogens with zero attached hydrogens (tertiary/aromatic N) is 4. The number of pyridine rings is 2. The van der Waals surface area contributed by atoms with E-state index in [4.69, 9.17) is 9.40 Å². The number of furan rings is 1. The Morgan fingerprint density at radius 2 is 1.50 bits per heavy atom. The summed E-state index contributed by atoms with van der Waals surface area (Å²) in [5, 5.41) is 2.76. The first-order valence-electron chi connectivity index (χ1n) is 14.5. The normalized spacial score (nSPS) is 11.0. The fourth-order valence-corrected chi connectivity index (χ4v) is 5.66. The second-order valence-electron chi connectivity index (χ2n) is 10.4. The van der Waals surface area contributed by atoms with E-state index in [2.05, 4.69) is 32.7 Å². The van der Waals surface area contributed by atoms with Gasteiger partial charge in [0.05, 0.1) is 34.2 Å². The Bertz CT molecular complexity index is 2410. The molecule has 0 amide bonds. The van der Waals surface area contributed by atoms with Crippen LogP contribution in [0.5, 0.6) is 0 Å². The van der Waals surface area contributed by atoms with Crippen LogP contribution in [-0.4, -0.2) is 19.5 Å². The summed E-state index contributed by atoms with van der Waals surface area (Å²) in [6.07, 6.45) is 3.59. The minimum Gasteiger partial charge on any atom is -0.500 e. The first-order chi connectivity index (χ1) is 22.2. The van der Waals surface area contributed by atoms with Gasteiger partial charge in [-0.15, -0.1) is 54.1 Å². The van der Waals surface area contributed by atoms with Crippen LogP contribution in [0, 0.1) is 17.9 Å². The van der Waals surface area contributed by atoms with E-state index >= 15 is 0 Å². The summed E-state index contributed by atoms with van der Waals surface area (Å²) < 4.78 is 22.1. The van der Waals surface area contributed by atoms with E-state index in [1.54, 1.807) is 18.5 Å². The van der Waals surface area contributed by atoms with Gasteiger partial charge in [0.25, 0.3) is 0 Å². The van der Waals surface area contributed by atoms with Crippen LogP contribution in [0.25, 0.3) is 72.2 Å². The topological polar surface area (TPSA) is 56.7 Å². The maximum Gasteiger partial charge on any atom is 0.126 e. The molecule has 0 saturated carbocycles. The van der Waals surface area contributed by atoms with Crippen molar-refractivity contribution in [3.63, 3.8) is 0 Å². The third-order valence-corrected chi connectivity index (χ3v) is 7.67. The van der Waals surface area contributed by atoms with Crippen LogP contribution in [0.15, 0.2) is 144 Å². The van der Waals surface area contributed by atoms with Crippen LogP contribution < -0.4 is 0 Å². The number of hydrogen-bond acceptors (Lipinski definition) is 4. The van der Waals surface area contributed by atoms with Crippen molar-refractivity contribution in [2.75, 3.05) is 0 Å². The molecule has 0 aliphatic heterocycles. The molecule has 5 nitrogen and oxygen atoms in total. The van der Waals surface area contributed by atoms with E-state index in [-0.39, 0.29) is 25.9 Å². The third-order valence-electron chi connectivity index (χ3n) is 7.67. The minimum atomic E-state index is -0.332. The van der Waals surface area contributed by atoms with Gasteiger partial charge >= 0.3 is 0 Å². The quantitative estimate of drug-likeness (QED) is 0.168. The molecule has 0 N–H and O–H groups in total. The fourth-order valence-electron chi connectivity index (χ4n) is 5.66. The molecule has 1 radical (unpaired) electrons. The fraction of sp³-hybridized carbons (Fsp3) is 0. The summed E-state index contributed by atoms with van der Waals surface area (Å²) in [5.74, 6) is 0.362. The van der Waals surface area contributed by atoms with Crippen LogP contribution in [0.1, 0.15) is 0 Å². The van der Waals surface area contributed by atoms with Gasteiger partial charge in [-0.3, -0.25) is 9.97 Å². The van der Waals surface area contributed by atoms with E-state index in [0.29, 0.717) is 22.6 Å². The maximum absolute atomic E-state index is 13.9. The second kappa shape index (κ2) is 12.5. The van der Waals surface area contributed by atoms with Crippen LogP contribution in [0.3, 0.4) is 0 Å². The molecule has 0 atom stereocenters. The monoisotopic (exact) mass is 775 g/mol. The number of hydrogen-bond donors (Lipinski definition) is 0. The molecule has 223 valence electrons. The van der Waals surface area contributed by atoms with Crippen LogP contribution in [0.2, 0.25) is 0 Å². The van der Waals surface area contributed by atoms with Gasteiger partial charge in [-0.1, -0.05) is 59.5 Å². The zero-order valence-electron chi connectivity index (χ0n) is 24.2. The average Bonchev–Trinajstić information content (AvgIpc) is 3.68. The predicted octanol–water partition coefficient (Wildman–Crippen LogP) is 9.63. The smallest absolute Gasteiger partial charge is 0.126 e. The molecule has 0 saturated heterocycles. The summed E-state index contributed by atoms with van der Waals surface area (Å²) >= 11 is 0. The van der Waals surface area contributed by atoms with Crippen LogP contribution >= 0.6 is 0 Å². The number of imidazole rings is 1. The molecule has 0 aliphatic rings. The molecule has 0 aliphatic carbocycles. The molecular weight excluding hydrogens is 752 g/mol. The van der Waals surface area contributed by atoms with Gasteiger partial charge < -0.3 is 14.0 Å². The number of benzene rings is 5. The Morgan fingerprint density at radius 1 is 0.674 bits per heavy atom. The van der Waals surface area contributed by atoms with Gasteiger partial charge in [0.2, 0.25) is 0 Å². The number of aromatic nitrogens is 4. The first kappa shape index (κ1) is 29.2. The summed E-state index contributed by atoms with van der Waals surface area (Å²) in [4.78, 5) is 13.8. The molecule has 0 spiro atoms. The summed E-state index contributed by atoms with van der Waals surface area (Å²) in [5.41, 5.74) is 7.47. The van der Waals surface area contributed by atoms with Crippen molar-refractivity contribution < 1.29 is 28.9 Å². The molecular formula is C39H23FIrN4O-2. The Balaban J connectivity index is 0.000000220. The molecule has 46 heavy (non-hydrogen) atoms. The standard InChI is InChI=1S/C28H15FN3O.C11H8N.Ir/c29-17-13-14-19-20-10-6-11-22(27(20)33-25(19)15-17)28-31-24-16-30-23-12-5-4-9-21(23)26(24)32(28)18-7-2-1-3-8-18;1-2-6-10(7-3-1)11-8-4-5-9-12-11;/h1-10,12-16H;1-6,8-9H;/q2*-1;. The Labute approximate surface area is 277 Å². The van der Waals surface area contributed by atoms with Crippen molar-refractivity contribution in [3.05, 3.63) is 158 Å². The van der Waals surface area contributed by atoms with E-state index in [1.165, 1.54) is 12.1 Å². The first-order valence-corrected chi connectivity index (χ1v) is 14.5. The largest absolute Gasteiger partial charge is 0.500 e. The summed E-state index contributed by atoms with van der Waals surface area (Å²) in [7, 11) is 0. The van der Waals surface area contributed by atoms with Gasteiger partial charge in [-0.2, -0.15) is 0 Å². The van der Waals surface area contributed by atoms with Crippen molar-refractivity contribution in [3.8, 4) is 28.3 Å². The molecule has 7 heteroatoms. The second-order valence-corrected chi connectivity index (χ2v) is 10.4. The summed E-state index contributed by atoms with van der Waals surface area (Å²) in [6.45, 7) is 0. The SMILES string of the molecule is Fc1ccc2c(c1)oc1c(-c3nc4cnc5ccccc5c4n3-c3ccccc3)[c-]ccc12.[Ir].[c-]1ccccc1-c1ccccn1. The van der Waals surface area contributed by atoms with Crippen molar-refractivity contribution in [1.82, 2.24) is 19.5 Å². The Hall–Kier alpha value is -5.49. The molecule has 0 fully saturated rings. The summed E-state index contributed by atoms with van der Waals surface area (Å²) in [6, 6.07) is 46.7. The Morgan fingerprint density at radius 3 is 2.33 bits per heavy atom. The Kier molecular flexibility index (Phi) is 7.93. The van der Waals surface area contributed by atoms with Gasteiger partial charge in [0, 0.05) is 48.8 Å². The number of para-hydroxylation sites is 2. The molecule has 9 aromatic rings. The van der Waals surface area contributed by atoms with Gasteiger partial charge in [-0.25, -0.2) is 4.39 Å². The number of halogens is 1. The van der Waals surface area contributed by atoms with Crippen molar-refractivity contribution in [2.24, 2.45) is 0 Å². The molecule has 4 aromatic heterocycles. The van der Waals surface area contributed by atoms with Crippen LogP contribution in [0.4, 0.5) is 4.39 Å². The van der Waals surface area contributed by atoms with Crippen molar-refractivity contribution >= 4 is 43.9 Å². The molecule has 4 heterocycles. The van der Waals surface area contributed by atoms with Gasteiger partial charge in [0.15, 0.2) is 0 Å². The predicted molar refractivity (Wildman–Crippen MR) is 176 cm³/mol. The molecule has 5 aromatic carbocycles. The van der Waals surface area contributed by atoms with Crippen molar-refractivity contribution in [2.45, 2.75) is 0 Å². The van der Waals surface area contributed by atoms with E-state index in [9.17, 15) is 4.39 Å². The van der Waals surface area contributed by atoms with Gasteiger partial charge in [0.1, 0.15) is 11.4 Å². The molecule has 0 bridgehead atoms. The maximum atomic E-state index is 13.9. The van der Waals surface area contributed by atoms with Crippen molar-refractivity contribution in [1.29, 1.82) is 0 Å². The van der Waals surface area contributed by atoms with E-state index in [1.807, 2.05) is 103 Å².